The molecular weight excluding hydrogens is 714 g/mol. The van der Waals surface area contributed by atoms with Gasteiger partial charge in [-0.1, -0.05) is 17.7 Å². The van der Waals surface area contributed by atoms with Crippen molar-refractivity contribution >= 4 is 39.4 Å². The first kappa shape index (κ1) is 35.5. The molecule has 17 nitrogen and oxygen atoms in total. The molecule has 0 spiro atoms. The zero-order valence-electron chi connectivity index (χ0n) is 27.4. The Hall–Kier alpha value is -5.30. The summed E-state index contributed by atoms with van der Waals surface area (Å²) in [4.78, 5) is 24.8. The fourth-order valence-electron chi connectivity index (χ4n) is 4.63. The van der Waals surface area contributed by atoms with E-state index in [1.807, 2.05) is 0 Å². The molecule has 51 heavy (non-hydrogen) atoms. The number of aromatic nitrogens is 3. The minimum atomic E-state index is -4.37. The van der Waals surface area contributed by atoms with Gasteiger partial charge in [-0.2, -0.15) is 9.97 Å². The van der Waals surface area contributed by atoms with Gasteiger partial charge >= 0.3 is 12.1 Å². The molecule has 0 aliphatic carbocycles. The Bertz CT molecular complexity index is 1990. The molecule has 6 rings (SSSR count). The van der Waals surface area contributed by atoms with Crippen LogP contribution in [-0.4, -0.2) is 81.7 Å². The van der Waals surface area contributed by atoms with Crippen LogP contribution in [0, 0.1) is 0 Å². The van der Waals surface area contributed by atoms with Crippen molar-refractivity contribution in [3.63, 3.8) is 0 Å². The quantitative estimate of drug-likeness (QED) is 0.163. The summed E-state index contributed by atoms with van der Waals surface area (Å²) in [6.45, 7) is 3.10. The first-order valence-corrected chi connectivity index (χ1v) is 17.1. The van der Waals surface area contributed by atoms with E-state index in [4.69, 9.17) is 54.2 Å². The smallest absolute Gasteiger partial charge is 0.412 e. The molecule has 19 heteroatoms. The molecule has 4 heterocycles. The predicted octanol–water partition coefficient (Wildman–Crippen LogP) is 5.01. The molecule has 2 aromatic heterocycles. The summed E-state index contributed by atoms with van der Waals surface area (Å²) in [5.74, 6) is -0.471. The van der Waals surface area contributed by atoms with Crippen LogP contribution in [0.25, 0.3) is 0 Å². The van der Waals surface area contributed by atoms with Crippen molar-refractivity contribution in [2.24, 2.45) is 0 Å². The number of nitrogens with zero attached hydrogens (tertiary/aromatic N) is 3. The Morgan fingerprint density at radius 1 is 1.04 bits per heavy atom. The number of fused-ring (bicyclic) bond motifs is 1. The number of amides is 1. The monoisotopic (exact) mass is 745 g/mol. The van der Waals surface area contributed by atoms with E-state index in [0.717, 1.165) is 0 Å². The maximum Gasteiger partial charge on any atom is 0.412 e. The minimum absolute atomic E-state index is 0.0476. The molecular formula is C32H32ClN5O12S. The zero-order valence-corrected chi connectivity index (χ0v) is 29.0. The molecule has 0 radical (unpaired) electrons. The van der Waals surface area contributed by atoms with Gasteiger partial charge in [0.15, 0.2) is 23.1 Å². The lowest BCUT2D eigenvalue weighted by Crippen LogP contribution is -2.25. The van der Waals surface area contributed by atoms with Crippen LogP contribution in [0.4, 0.5) is 16.4 Å². The van der Waals surface area contributed by atoms with Crippen LogP contribution in [0.15, 0.2) is 65.7 Å². The van der Waals surface area contributed by atoms with Crippen molar-refractivity contribution in [1.29, 1.82) is 0 Å². The third-order valence-corrected chi connectivity index (χ3v) is 8.61. The standard InChI is InChI=1S/C32H32ClN5O12S/c1-32(2)48-17-20(50-32)16-45-30-36-28(38-51(40,41)21-8-10-23-25(15-21)47-18-46-23)27(49-24-14-19(42-3)7-9-22(24)33)29(37-30)43-12-13-44-31(39)35-26-6-4-5-11-34-26/h4-11,14-15,20H,12-13,16-18H2,1-3H3,(H,34,35,39)(H,36,37,38)/t20-/m0/s1. The van der Waals surface area contributed by atoms with E-state index in [0.29, 0.717) is 11.5 Å². The summed E-state index contributed by atoms with van der Waals surface area (Å²) in [6.07, 6.45) is 0.233. The molecule has 270 valence electrons. The van der Waals surface area contributed by atoms with Gasteiger partial charge in [-0.15, -0.1) is 0 Å². The van der Waals surface area contributed by atoms with Gasteiger partial charge in [0, 0.05) is 18.3 Å². The molecule has 1 fully saturated rings. The number of ether oxygens (including phenoxy) is 9. The molecule has 4 aromatic rings. The Balaban J connectivity index is 1.32. The summed E-state index contributed by atoms with van der Waals surface area (Å²) >= 11 is 6.45. The van der Waals surface area contributed by atoms with Gasteiger partial charge in [0.1, 0.15) is 43.2 Å². The van der Waals surface area contributed by atoms with E-state index >= 15 is 0 Å². The maximum absolute atomic E-state index is 13.8. The Kier molecular flexibility index (Phi) is 10.7. The molecule has 1 saturated heterocycles. The Labute approximate surface area is 297 Å². The molecule has 2 N–H and O–H groups in total. The number of nitrogens with one attached hydrogen (secondary N) is 2. The second kappa shape index (κ2) is 15.3. The average molecular weight is 746 g/mol. The number of sulfonamides is 1. The number of pyridine rings is 1. The maximum atomic E-state index is 13.8. The highest BCUT2D eigenvalue weighted by molar-refractivity contribution is 7.92. The van der Waals surface area contributed by atoms with Crippen LogP contribution in [-0.2, 0) is 24.2 Å². The van der Waals surface area contributed by atoms with E-state index in [-0.39, 0.29) is 83.9 Å². The largest absolute Gasteiger partial charge is 0.497 e. The van der Waals surface area contributed by atoms with Crippen molar-refractivity contribution < 1.29 is 55.8 Å². The normalized spacial score (nSPS) is 15.9. The number of benzene rings is 2. The van der Waals surface area contributed by atoms with Crippen LogP contribution in [0.1, 0.15) is 13.8 Å². The highest BCUT2D eigenvalue weighted by Gasteiger charge is 2.34. The van der Waals surface area contributed by atoms with Crippen molar-refractivity contribution in [2.45, 2.75) is 30.6 Å². The van der Waals surface area contributed by atoms with Gasteiger partial charge in [0.25, 0.3) is 15.9 Å². The lowest BCUT2D eigenvalue weighted by atomic mass is 10.3. The zero-order chi connectivity index (χ0) is 36.0. The SMILES string of the molecule is COc1ccc(Cl)c(Oc2c(NS(=O)(=O)c3ccc4c(c3)OCO4)nc(OC[C@H]3COC(C)(C)O3)nc2OCCOC(=O)Nc2ccccn2)c1. The number of rotatable bonds is 14. The number of methoxy groups -OCH3 is 1. The fourth-order valence-corrected chi connectivity index (χ4v) is 5.80. The average Bonchev–Trinajstić information content (AvgIpc) is 3.73. The third-order valence-electron chi connectivity index (χ3n) is 6.97. The van der Waals surface area contributed by atoms with E-state index in [2.05, 4.69) is 25.0 Å². The van der Waals surface area contributed by atoms with Crippen LogP contribution in [0.2, 0.25) is 5.02 Å². The number of hydrogen-bond donors (Lipinski definition) is 2. The second-order valence-corrected chi connectivity index (χ2v) is 13.2. The summed E-state index contributed by atoms with van der Waals surface area (Å²) in [7, 11) is -2.92. The molecule has 2 aliphatic rings. The lowest BCUT2D eigenvalue weighted by molar-refractivity contribution is -0.141. The topological polar surface area (TPSA) is 197 Å². The lowest BCUT2D eigenvalue weighted by Gasteiger charge is -2.19. The molecule has 0 bridgehead atoms. The van der Waals surface area contributed by atoms with E-state index in [9.17, 15) is 13.2 Å². The highest BCUT2D eigenvalue weighted by atomic mass is 35.5. The van der Waals surface area contributed by atoms with Gasteiger partial charge in [-0.25, -0.2) is 18.2 Å². The Morgan fingerprint density at radius 3 is 2.65 bits per heavy atom. The second-order valence-electron chi connectivity index (χ2n) is 11.1. The molecule has 1 amide bonds. The number of carbonyl (C=O) groups excluding carboxylic acids is 1. The van der Waals surface area contributed by atoms with Crippen LogP contribution in [0.3, 0.4) is 0 Å². The minimum Gasteiger partial charge on any atom is -0.497 e. The van der Waals surface area contributed by atoms with Gasteiger partial charge in [0.05, 0.1) is 23.6 Å². The summed E-state index contributed by atoms with van der Waals surface area (Å²) < 4.78 is 80.4. The predicted molar refractivity (Wildman–Crippen MR) is 179 cm³/mol. The number of anilines is 2. The van der Waals surface area contributed by atoms with Crippen molar-refractivity contribution in [1.82, 2.24) is 15.0 Å². The summed E-state index contributed by atoms with van der Waals surface area (Å²) in [5.41, 5.74) is 0. The summed E-state index contributed by atoms with van der Waals surface area (Å²) in [6, 6.07) is 13.4. The number of hydrogen-bond acceptors (Lipinski definition) is 15. The Morgan fingerprint density at radius 2 is 1.88 bits per heavy atom. The van der Waals surface area contributed by atoms with Gasteiger partial charge in [-0.05, 0) is 50.2 Å². The van der Waals surface area contributed by atoms with E-state index < -0.39 is 28.0 Å². The third kappa shape index (κ3) is 9.09. The molecule has 2 aliphatic heterocycles. The molecule has 2 aromatic carbocycles. The first-order chi connectivity index (χ1) is 24.5. The van der Waals surface area contributed by atoms with Gasteiger partial charge in [0.2, 0.25) is 12.5 Å². The van der Waals surface area contributed by atoms with Gasteiger partial charge in [-0.3, -0.25) is 10.0 Å². The van der Waals surface area contributed by atoms with Crippen LogP contribution in [0.5, 0.6) is 40.6 Å². The highest BCUT2D eigenvalue weighted by Crippen LogP contribution is 2.42. The number of carbonyl (C=O) groups is 1. The first-order valence-electron chi connectivity index (χ1n) is 15.3. The van der Waals surface area contributed by atoms with E-state index in [1.165, 1.54) is 43.6 Å². The van der Waals surface area contributed by atoms with E-state index in [1.54, 1.807) is 38.1 Å². The van der Waals surface area contributed by atoms with Crippen molar-refractivity contribution in [2.75, 3.05) is 50.4 Å². The van der Waals surface area contributed by atoms with Gasteiger partial charge < -0.3 is 42.6 Å². The van der Waals surface area contributed by atoms with Crippen LogP contribution < -0.4 is 38.5 Å². The van der Waals surface area contributed by atoms with Crippen molar-refractivity contribution in [3.8, 4) is 40.6 Å². The molecule has 0 unspecified atom stereocenters. The van der Waals surface area contributed by atoms with Crippen LogP contribution >= 0.6 is 11.6 Å². The van der Waals surface area contributed by atoms with Crippen molar-refractivity contribution in [3.05, 3.63) is 65.8 Å². The molecule has 1 atom stereocenters. The molecule has 0 saturated carbocycles. The summed E-state index contributed by atoms with van der Waals surface area (Å²) in [5, 5.41) is 2.63. The fraction of sp³-hybridized carbons (Fsp3) is 0.312. The number of halogens is 1.